The number of aliphatic hydroxyl groups is 1. The molecule has 0 aromatic carbocycles. The first-order chi connectivity index (χ1) is 8.27. The standard InChI is InChI=1S/C9H15N3O6/c1-4(14)11-5(2-7(15)16)9(18)12-6(3-13)8(10)17/h5-6,13H,2-3H2,1H3,(H2,10,17)(H,11,14)(H,12,18)(H,15,16)/t5-,6-/m0/s1. The summed E-state index contributed by atoms with van der Waals surface area (Å²) < 4.78 is 0. The second-order valence-corrected chi connectivity index (χ2v) is 3.50. The molecule has 0 heterocycles. The molecular formula is C9H15N3O6. The van der Waals surface area contributed by atoms with Crippen LogP contribution in [-0.4, -0.2) is 52.6 Å². The van der Waals surface area contributed by atoms with Crippen LogP contribution in [-0.2, 0) is 19.2 Å². The fourth-order valence-corrected chi connectivity index (χ4v) is 1.11. The van der Waals surface area contributed by atoms with Gasteiger partial charge in [-0.3, -0.25) is 19.2 Å². The van der Waals surface area contributed by atoms with Crippen LogP contribution in [0, 0.1) is 0 Å². The number of carbonyl (C=O) groups is 4. The van der Waals surface area contributed by atoms with Crippen molar-refractivity contribution < 1.29 is 29.4 Å². The Morgan fingerprint density at radius 2 is 1.72 bits per heavy atom. The van der Waals surface area contributed by atoms with Gasteiger partial charge in [-0.15, -0.1) is 0 Å². The molecule has 0 radical (unpaired) electrons. The molecule has 0 unspecified atom stereocenters. The first-order valence-corrected chi connectivity index (χ1v) is 4.97. The van der Waals surface area contributed by atoms with Crippen molar-refractivity contribution in [1.82, 2.24) is 10.6 Å². The molecule has 18 heavy (non-hydrogen) atoms. The number of hydrogen-bond acceptors (Lipinski definition) is 5. The van der Waals surface area contributed by atoms with Crippen molar-refractivity contribution in [3.05, 3.63) is 0 Å². The lowest BCUT2D eigenvalue weighted by atomic mass is 10.1. The van der Waals surface area contributed by atoms with E-state index in [1.165, 1.54) is 0 Å². The van der Waals surface area contributed by atoms with Gasteiger partial charge in [0.15, 0.2) is 0 Å². The van der Waals surface area contributed by atoms with E-state index in [1.807, 2.05) is 5.32 Å². The molecule has 3 amide bonds. The van der Waals surface area contributed by atoms with E-state index in [2.05, 4.69) is 5.32 Å². The molecular weight excluding hydrogens is 246 g/mol. The number of carbonyl (C=O) groups excluding carboxylic acids is 3. The number of carboxylic acid groups (broad SMARTS) is 1. The number of aliphatic carboxylic acids is 1. The molecule has 0 aliphatic carbocycles. The average molecular weight is 261 g/mol. The zero-order valence-electron chi connectivity index (χ0n) is 9.67. The fraction of sp³-hybridized carbons (Fsp3) is 0.556. The van der Waals surface area contributed by atoms with Gasteiger partial charge in [0.2, 0.25) is 17.7 Å². The van der Waals surface area contributed by atoms with Crippen LogP contribution in [0.3, 0.4) is 0 Å². The Kier molecular flexibility index (Phi) is 6.35. The first kappa shape index (κ1) is 15.8. The van der Waals surface area contributed by atoms with Crippen LogP contribution in [0.1, 0.15) is 13.3 Å². The van der Waals surface area contributed by atoms with Crippen molar-refractivity contribution in [2.45, 2.75) is 25.4 Å². The number of aliphatic hydroxyl groups excluding tert-OH is 1. The van der Waals surface area contributed by atoms with Crippen LogP contribution >= 0.6 is 0 Å². The van der Waals surface area contributed by atoms with Gasteiger partial charge in [0.1, 0.15) is 12.1 Å². The van der Waals surface area contributed by atoms with Gasteiger partial charge in [-0.05, 0) is 0 Å². The normalized spacial score (nSPS) is 13.2. The lowest BCUT2D eigenvalue weighted by Gasteiger charge is -2.19. The number of nitrogens with one attached hydrogen (secondary N) is 2. The topological polar surface area (TPSA) is 159 Å². The van der Waals surface area contributed by atoms with Crippen LogP contribution in [0.25, 0.3) is 0 Å². The SMILES string of the molecule is CC(=O)N[C@@H](CC(=O)O)C(=O)N[C@@H](CO)C(N)=O. The maximum Gasteiger partial charge on any atom is 0.305 e. The summed E-state index contributed by atoms with van der Waals surface area (Å²) in [6, 6.07) is -2.67. The van der Waals surface area contributed by atoms with E-state index in [-0.39, 0.29) is 0 Å². The third-order valence-electron chi connectivity index (χ3n) is 1.92. The average Bonchev–Trinajstić information content (AvgIpc) is 2.22. The summed E-state index contributed by atoms with van der Waals surface area (Å²) in [5.41, 5.74) is 4.88. The maximum atomic E-state index is 11.6. The minimum Gasteiger partial charge on any atom is -0.481 e. The molecule has 2 atom stereocenters. The Hall–Kier alpha value is -2.16. The summed E-state index contributed by atoms with van der Waals surface area (Å²) in [5, 5.41) is 21.5. The van der Waals surface area contributed by atoms with E-state index in [9.17, 15) is 19.2 Å². The second kappa shape index (κ2) is 7.22. The highest BCUT2D eigenvalue weighted by molar-refractivity contribution is 5.93. The quantitative estimate of drug-likeness (QED) is 0.327. The van der Waals surface area contributed by atoms with E-state index in [0.29, 0.717) is 0 Å². The monoisotopic (exact) mass is 261 g/mol. The summed E-state index contributed by atoms with van der Waals surface area (Å²) in [5.74, 6) is -3.78. The highest BCUT2D eigenvalue weighted by Crippen LogP contribution is 1.95. The van der Waals surface area contributed by atoms with E-state index >= 15 is 0 Å². The summed E-state index contributed by atoms with van der Waals surface area (Å²) >= 11 is 0. The molecule has 0 aliphatic rings. The van der Waals surface area contributed by atoms with E-state index < -0.39 is 48.8 Å². The summed E-state index contributed by atoms with van der Waals surface area (Å²) in [7, 11) is 0. The van der Waals surface area contributed by atoms with Crippen molar-refractivity contribution in [2.75, 3.05) is 6.61 Å². The molecule has 0 saturated heterocycles. The Morgan fingerprint density at radius 3 is 2.06 bits per heavy atom. The van der Waals surface area contributed by atoms with Crippen molar-refractivity contribution in [1.29, 1.82) is 0 Å². The Morgan fingerprint density at radius 1 is 1.17 bits per heavy atom. The predicted octanol–water partition coefficient (Wildman–Crippen LogP) is -3.07. The number of nitrogens with two attached hydrogens (primary N) is 1. The number of amides is 3. The number of carboxylic acids is 1. The summed E-state index contributed by atoms with van der Waals surface area (Å²) in [6.45, 7) is 0.390. The molecule has 0 rings (SSSR count). The van der Waals surface area contributed by atoms with Gasteiger partial charge in [0, 0.05) is 6.92 Å². The lowest BCUT2D eigenvalue weighted by molar-refractivity contribution is -0.140. The smallest absolute Gasteiger partial charge is 0.305 e. The van der Waals surface area contributed by atoms with Crippen LogP contribution in [0.15, 0.2) is 0 Å². The van der Waals surface area contributed by atoms with Gasteiger partial charge in [-0.1, -0.05) is 0 Å². The van der Waals surface area contributed by atoms with Crippen molar-refractivity contribution in [3.63, 3.8) is 0 Å². The minimum atomic E-state index is -1.34. The number of primary amides is 1. The predicted molar refractivity (Wildman–Crippen MR) is 58.1 cm³/mol. The zero-order valence-corrected chi connectivity index (χ0v) is 9.67. The van der Waals surface area contributed by atoms with Crippen molar-refractivity contribution in [2.24, 2.45) is 5.73 Å². The zero-order chi connectivity index (χ0) is 14.3. The van der Waals surface area contributed by atoms with Crippen molar-refractivity contribution in [3.8, 4) is 0 Å². The molecule has 9 heteroatoms. The molecule has 0 aromatic rings. The van der Waals surface area contributed by atoms with Gasteiger partial charge in [0.05, 0.1) is 13.0 Å². The Balaban J connectivity index is 4.68. The molecule has 0 aliphatic heterocycles. The maximum absolute atomic E-state index is 11.6. The third-order valence-corrected chi connectivity index (χ3v) is 1.92. The molecule has 0 fully saturated rings. The van der Waals surface area contributed by atoms with Gasteiger partial charge in [-0.25, -0.2) is 0 Å². The summed E-state index contributed by atoms with van der Waals surface area (Å²) in [6.07, 6.45) is -0.650. The molecule has 0 bridgehead atoms. The van der Waals surface area contributed by atoms with E-state index in [1.54, 1.807) is 0 Å². The molecule has 0 saturated carbocycles. The van der Waals surface area contributed by atoms with Crippen LogP contribution < -0.4 is 16.4 Å². The molecule has 0 aromatic heterocycles. The molecule has 9 nitrogen and oxygen atoms in total. The van der Waals surface area contributed by atoms with Crippen LogP contribution in [0.2, 0.25) is 0 Å². The number of rotatable bonds is 7. The molecule has 102 valence electrons. The molecule has 6 N–H and O–H groups in total. The largest absolute Gasteiger partial charge is 0.481 e. The molecule has 0 spiro atoms. The van der Waals surface area contributed by atoms with Crippen LogP contribution in [0.4, 0.5) is 0 Å². The Bertz CT molecular complexity index is 340. The minimum absolute atomic E-state index is 0.601. The fourth-order valence-electron chi connectivity index (χ4n) is 1.11. The number of hydrogen-bond donors (Lipinski definition) is 5. The highest BCUT2D eigenvalue weighted by atomic mass is 16.4. The van der Waals surface area contributed by atoms with Gasteiger partial charge in [0.25, 0.3) is 0 Å². The van der Waals surface area contributed by atoms with E-state index in [0.717, 1.165) is 6.92 Å². The van der Waals surface area contributed by atoms with Gasteiger partial charge in [-0.2, -0.15) is 0 Å². The second-order valence-electron chi connectivity index (χ2n) is 3.50. The van der Waals surface area contributed by atoms with E-state index in [4.69, 9.17) is 15.9 Å². The lowest BCUT2D eigenvalue weighted by Crippen LogP contribution is -2.54. The third kappa shape index (κ3) is 5.80. The first-order valence-electron chi connectivity index (χ1n) is 4.97. The van der Waals surface area contributed by atoms with Gasteiger partial charge >= 0.3 is 5.97 Å². The van der Waals surface area contributed by atoms with Crippen LogP contribution in [0.5, 0.6) is 0 Å². The summed E-state index contributed by atoms with van der Waals surface area (Å²) in [4.78, 5) is 43.7. The van der Waals surface area contributed by atoms with Gasteiger partial charge < -0.3 is 26.6 Å². The highest BCUT2D eigenvalue weighted by Gasteiger charge is 2.26. The van der Waals surface area contributed by atoms with Crippen molar-refractivity contribution >= 4 is 23.7 Å². The Labute approximate surface area is 102 Å².